The summed E-state index contributed by atoms with van der Waals surface area (Å²) in [5, 5.41) is 0. The van der Waals surface area contributed by atoms with Crippen LogP contribution in [0.25, 0.3) is 0 Å². The first-order valence-corrected chi connectivity index (χ1v) is 4.71. The third-order valence-electron chi connectivity index (χ3n) is 2.92. The number of hydrogen-bond donors (Lipinski definition) is 0. The maximum Gasteiger partial charge on any atom is 0.00838 e. The van der Waals surface area contributed by atoms with E-state index in [-0.39, 0.29) is 5.41 Å². The van der Waals surface area contributed by atoms with Crippen molar-refractivity contribution in [3.05, 3.63) is 34.9 Å². The van der Waals surface area contributed by atoms with Gasteiger partial charge in [-0.3, -0.25) is 0 Å². The lowest BCUT2D eigenvalue weighted by Crippen LogP contribution is -2.08. The molecule has 0 fully saturated rings. The summed E-state index contributed by atoms with van der Waals surface area (Å²) in [4.78, 5) is 0. The largest absolute Gasteiger partial charge is 0.0839 e. The molecule has 0 heterocycles. The molecule has 0 aromatic heterocycles. The second-order valence-electron chi connectivity index (χ2n) is 4.38. The van der Waals surface area contributed by atoms with Gasteiger partial charge in [0.1, 0.15) is 0 Å². The van der Waals surface area contributed by atoms with Crippen molar-refractivity contribution in [3.63, 3.8) is 0 Å². The minimum atomic E-state index is 0.288. The normalized spacial score (nSPS) is 25.8. The number of allylic oxidation sites excluding steroid dienone is 6. The smallest absolute Gasteiger partial charge is 0.00838 e. The van der Waals surface area contributed by atoms with Crippen LogP contribution in [0, 0.1) is 5.41 Å². The Morgan fingerprint density at radius 2 is 2.08 bits per heavy atom. The SMILES string of the molecule is CC1=CC(C)(C)C2=C1CCC=C2. The van der Waals surface area contributed by atoms with Gasteiger partial charge >= 0.3 is 0 Å². The molecule has 0 heteroatoms. The molecule has 12 heavy (non-hydrogen) atoms. The molecule has 2 aliphatic rings. The highest BCUT2D eigenvalue weighted by molar-refractivity contribution is 5.52. The maximum atomic E-state index is 2.40. The van der Waals surface area contributed by atoms with Crippen LogP contribution < -0.4 is 0 Å². The van der Waals surface area contributed by atoms with E-state index in [0.29, 0.717) is 0 Å². The van der Waals surface area contributed by atoms with Crippen molar-refractivity contribution in [1.82, 2.24) is 0 Å². The van der Waals surface area contributed by atoms with Gasteiger partial charge in [0.25, 0.3) is 0 Å². The van der Waals surface area contributed by atoms with Gasteiger partial charge in [0, 0.05) is 5.41 Å². The van der Waals surface area contributed by atoms with E-state index in [9.17, 15) is 0 Å². The lowest BCUT2D eigenvalue weighted by molar-refractivity contribution is 0.598. The van der Waals surface area contributed by atoms with E-state index < -0.39 is 0 Å². The van der Waals surface area contributed by atoms with E-state index in [1.54, 1.807) is 11.1 Å². The predicted octanol–water partition coefficient (Wildman–Crippen LogP) is 3.62. The fraction of sp³-hybridized carbons (Fsp3) is 0.500. The van der Waals surface area contributed by atoms with Gasteiger partial charge < -0.3 is 0 Å². The summed E-state index contributed by atoms with van der Waals surface area (Å²) in [6.07, 6.45) is 9.48. The zero-order valence-electron chi connectivity index (χ0n) is 8.15. The van der Waals surface area contributed by atoms with Crippen molar-refractivity contribution in [3.8, 4) is 0 Å². The molecule has 0 bridgehead atoms. The molecule has 0 atom stereocenters. The molecule has 0 saturated carbocycles. The van der Waals surface area contributed by atoms with E-state index in [4.69, 9.17) is 0 Å². The average molecular weight is 160 g/mol. The maximum absolute atomic E-state index is 2.40. The fourth-order valence-corrected chi connectivity index (χ4v) is 2.38. The minimum absolute atomic E-state index is 0.288. The Morgan fingerprint density at radius 3 is 2.75 bits per heavy atom. The van der Waals surface area contributed by atoms with Crippen LogP contribution in [0.5, 0.6) is 0 Å². The van der Waals surface area contributed by atoms with E-state index >= 15 is 0 Å². The highest BCUT2D eigenvalue weighted by atomic mass is 14.3. The third kappa shape index (κ3) is 0.979. The van der Waals surface area contributed by atoms with Gasteiger partial charge in [-0.25, -0.2) is 0 Å². The zero-order valence-corrected chi connectivity index (χ0v) is 8.15. The van der Waals surface area contributed by atoms with E-state index in [1.165, 1.54) is 18.4 Å². The monoisotopic (exact) mass is 160 g/mol. The van der Waals surface area contributed by atoms with Crippen molar-refractivity contribution in [2.75, 3.05) is 0 Å². The minimum Gasteiger partial charge on any atom is -0.0839 e. The van der Waals surface area contributed by atoms with Gasteiger partial charge in [0.15, 0.2) is 0 Å². The first-order chi connectivity index (χ1) is 5.61. The van der Waals surface area contributed by atoms with Gasteiger partial charge in [-0.15, -0.1) is 0 Å². The number of hydrogen-bond acceptors (Lipinski definition) is 0. The molecular formula is C12H16. The molecule has 0 aromatic rings. The molecule has 0 saturated heterocycles. The highest BCUT2D eigenvalue weighted by Crippen LogP contribution is 2.44. The van der Waals surface area contributed by atoms with Crippen molar-refractivity contribution < 1.29 is 0 Å². The molecule has 0 nitrogen and oxygen atoms in total. The Labute approximate surface area is 74.7 Å². The highest BCUT2D eigenvalue weighted by Gasteiger charge is 2.29. The third-order valence-corrected chi connectivity index (χ3v) is 2.92. The summed E-state index contributed by atoms with van der Waals surface area (Å²) in [6.45, 7) is 6.84. The molecule has 2 rings (SSSR count). The summed E-state index contributed by atoms with van der Waals surface area (Å²) < 4.78 is 0. The van der Waals surface area contributed by atoms with Gasteiger partial charge in [-0.1, -0.05) is 37.6 Å². The van der Waals surface area contributed by atoms with Crippen molar-refractivity contribution in [1.29, 1.82) is 0 Å². The van der Waals surface area contributed by atoms with Crippen LogP contribution in [0.1, 0.15) is 33.6 Å². The summed E-state index contributed by atoms with van der Waals surface area (Å²) in [5.41, 5.74) is 4.93. The summed E-state index contributed by atoms with van der Waals surface area (Å²) in [5.74, 6) is 0. The van der Waals surface area contributed by atoms with Crippen LogP contribution >= 0.6 is 0 Å². The van der Waals surface area contributed by atoms with E-state index in [1.807, 2.05) is 0 Å². The molecule has 0 aliphatic heterocycles. The van der Waals surface area contributed by atoms with E-state index in [0.717, 1.165) is 0 Å². The molecule has 0 amide bonds. The van der Waals surface area contributed by atoms with Crippen molar-refractivity contribution in [2.45, 2.75) is 33.6 Å². The Morgan fingerprint density at radius 1 is 1.33 bits per heavy atom. The van der Waals surface area contributed by atoms with Crippen LogP contribution in [-0.4, -0.2) is 0 Å². The van der Waals surface area contributed by atoms with Crippen molar-refractivity contribution in [2.24, 2.45) is 5.41 Å². The standard InChI is InChI=1S/C12H16/c1-9-8-12(2,3)11-7-5-4-6-10(9)11/h5,7-8H,4,6H2,1-3H3. The lowest BCUT2D eigenvalue weighted by Gasteiger charge is -2.21. The Balaban J connectivity index is 2.50. The Hall–Kier alpha value is -0.780. The van der Waals surface area contributed by atoms with Crippen LogP contribution in [0.4, 0.5) is 0 Å². The zero-order chi connectivity index (χ0) is 8.77. The van der Waals surface area contributed by atoms with Crippen LogP contribution in [0.3, 0.4) is 0 Å². The second-order valence-corrected chi connectivity index (χ2v) is 4.38. The molecule has 0 N–H and O–H groups in total. The molecule has 2 aliphatic carbocycles. The first kappa shape index (κ1) is 7.85. The molecule has 0 aromatic carbocycles. The summed E-state index contributed by atoms with van der Waals surface area (Å²) >= 11 is 0. The predicted molar refractivity (Wildman–Crippen MR) is 52.9 cm³/mol. The Bertz CT molecular complexity index is 298. The molecule has 0 unspecified atom stereocenters. The van der Waals surface area contributed by atoms with Crippen LogP contribution in [-0.2, 0) is 0 Å². The Kier molecular flexibility index (Phi) is 1.54. The van der Waals surface area contributed by atoms with Gasteiger partial charge in [-0.2, -0.15) is 0 Å². The lowest BCUT2D eigenvalue weighted by atomic mass is 9.83. The van der Waals surface area contributed by atoms with E-state index in [2.05, 4.69) is 39.0 Å². The van der Waals surface area contributed by atoms with Crippen LogP contribution in [0.2, 0.25) is 0 Å². The topological polar surface area (TPSA) is 0 Å². The fourth-order valence-electron chi connectivity index (χ4n) is 2.38. The quantitative estimate of drug-likeness (QED) is 0.507. The summed E-state index contributed by atoms with van der Waals surface area (Å²) in [6, 6.07) is 0. The number of rotatable bonds is 0. The first-order valence-electron chi connectivity index (χ1n) is 4.71. The molecule has 0 radical (unpaired) electrons. The molecular weight excluding hydrogens is 144 g/mol. The van der Waals surface area contributed by atoms with Crippen LogP contribution in [0.15, 0.2) is 34.9 Å². The van der Waals surface area contributed by atoms with Gasteiger partial charge in [0.05, 0.1) is 0 Å². The van der Waals surface area contributed by atoms with Gasteiger partial charge in [0.2, 0.25) is 0 Å². The van der Waals surface area contributed by atoms with Gasteiger partial charge in [-0.05, 0) is 30.9 Å². The molecule has 64 valence electrons. The second kappa shape index (κ2) is 2.35. The molecule has 0 spiro atoms. The summed E-state index contributed by atoms with van der Waals surface area (Å²) in [7, 11) is 0. The average Bonchev–Trinajstić information content (AvgIpc) is 2.25. The van der Waals surface area contributed by atoms with Crippen molar-refractivity contribution >= 4 is 0 Å².